The second-order valence-electron chi connectivity index (χ2n) is 5.83. The van der Waals surface area contributed by atoms with Gasteiger partial charge in [0.25, 0.3) is 0 Å². The van der Waals surface area contributed by atoms with E-state index in [1.54, 1.807) is 29.2 Å². The van der Waals surface area contributed by atoms with Crippen molar-refractivity contribution in [1.82, 2.24) is 20.0 Å². The van der Waals surface area contributed by atoms with Crippen molar-refractivity contribution in [2.24, 2.45) is 7.05 Å². The minimum absolute atomic E-state index is 0.00982. The zero-order valence-corrected chi connectivity index (χ0v) is 13.1. The van der Waals surface area contributed by atoms with Crippen molar-refractivity contribution in [3.8, 4) is 11.3 Å². The number of nitrogens with one attached hydrogen (secondary N) is 1. The Morgan fingerprint density at radius 3 is 2.79 bits per heavy atom. The van der Waals surface area contributed by atoms with E-state index in [2.05, 4.69) is 15.3 Å². The van der Waals surface area contributed by atoms with E-state index in [0.717, 1.165) is 34.5 Å². The molecule has 0 saturated heterocycles. The van der Waals surface area contributed by atoms with Gasteiger partial charge in [0.05, 0.1) is 23.7 Å². The molecule has 24 heavy (non-hydrogen) atoms. The van der Waals surface area contributed by atoms with Crippen molar-refractivity contribution in [2.45, 2.75) is 12.8 Å². The Kier molecular flexibility index (Phi) is 3.37. The van der Waals surface area contributed by atoms with Crippen LogP contribution in [0.15, 0.2) is 42.2 Å². The number of H-pyrrole nitrogens is 1. The van der Waals surface area contributed by atoms with Gasteiger partial charge in [-0.3, -0.25) is 14.6 Å². The van der Waals surface area contributed by atoms with Crippen LogP contribution in [0.1, 0.15) is 28.0 Å². The maximum atomic E-state index is 13.1. The fourth-order valence-corrected chi connectivity index (χ4v) is 3.07. The molecular weight excluding hydrogens is 307 g/mol. The molecule has 6 heteroatoms. The Labute approximate surface area is 137 Å². The molecule has 1 aliphatic carbocycles. The first-order chi connectivity index (χ1) is 11.6. The number of aryl methyl sites for hydroxylation is 1. The Morgan fingerprint density at radius 2 is 2.00 bits per heavy atom. The monoisotopic (exact) mass is 322 g/mol. The number of benzene rings is 1. The van der Waals surface area contributed by atoms with Crippen LogP contribution < -0.4 is 0 Å². The van der Waals surface area contributed by atoms with Crippen LogP contribution in [0, 0.1) is 5.82 Å². The number of hydrogen-bond acceptors (Lipinski definition) is 3. The molecule has 1 aliphatic rings. The number of aromatic amines is 1. The summed E-state index contributed by atoms with van der Waals surface area (Å²) >= 11 is 0. The largest absolute Gasteiger partial charge is 0.289 e. The second-order valence-corrected chi connectivity index (χ2v) is 5.83. The van der Waals surface area contributed by atoms with E-state index in [-0.39, 0.29) is 11.6 Å². The van der Waals surface area contributed by atoms with Crippen molar-refractivity contribution < 1.29 is 9.18 Å². The summed E-state index contributed by atoms with van der Waals surface area (Å²) in [5, 5.41) is 11.2. The molecule has 0 saturated carbocycles. The normalized spacial score (nSPS) is 15.8. The summed E-state index contributed by atoms with van der Waals surface area (Å²) in [6.45, 7) is 0. The van der Waals surface area contributed by atoms with Gasteiger partial charge in [0.1, 0.15) is 5.82 Å². The van der Waals surface area contributed by atoms with Crippen molar-refractivity contribution >= 4 is 11.9 Å². The molecule has 1 N–H and O–H groups in total. The van der Waals surface area contributed by atoms with Crippen molar-refractivity contribution in [3.05, 3.63) is 64.9 Å². The highest BCUT2D eigenvalue weighted by atomic mass is 19.1. The van der Waals surface area contributed by atoms with Gasteiger partial charge in [-0.2, -0.15) is 10.2 Å². The predicted octanol–water partition coefficient (Wildman–Crippen LogP) is 3.16. The van der Waals surface area contributed by atoms with Gasteiger partial charge in [0.15, 0.2) is 5.78 Å². The molecule has 0 bridgehead atoms. The molecule has 2 aromatic heterocycles. The summed E-state index contributed by atoms with van der Waals surface area (Å²) in [6.07, 6.45) is 6.62. The Morgan fingerprint density at radius 1 is 1.21 bits per heavy atom. The lowest BCUT2D eigenvalue weighted by Gasteiger charge is -2.14. The number of allylic oxidation sites excluding steroid dienone is 1. The fraction of sp³-hybridized carbons (Fsp3) is 0.167. The smallest absolute Gasteiger partial charge is 0.192 e. The van der Waals surface area contributed by atoms with Crippen LogP contribution in [0.4, 0.5) is 4.39 Å². The fourth-order valence-electron chi connectivity index (χ4n) is 3.07. The number of Topliss-reactive ketones (excluding diaryl/α,β-unsaturated/α-hetero) is 1. The zero-order chi connectivity index (χ0) is 16.7. The van der Waals surface area contributed by atoms with Crippen LogP contribution in [0.3, 0.4) is 0 Å². The first kappa shape index (κ1) is 14.6. The van der Waals surface area contributed by atoms with E-state index in [1.807, 2.05) is 13.1 Å². The van der Waals surface area contributed by atoms with E-state index in [0.29, 0.717) is 12.0 Å². The van der Waals surface area contributed by atoms with Crippen LogP contribution in [-0.2, 0) is 13.5 Å². The van der Waals surface area contributed by atoms with Crippen LogP contribution in [-0.4, -0.2) is 25.8 Å². The summed E-state index contributed by atoms with van der Waals surface area (Å²) < 4.78 is 14.9. The van der Waals surface area contributed by atoms with Crippen LogP contribution in [0.5, 0.6) is 0 Å². The van der Waals surface area contributed by atoms with Crippen LogP contribution in [0.2, 0.25) is 0 Å². The first-order valence-corrected chi connectivity index (χ1v) is 7.69. The molecular formula is C18H15FN4O. The van der Waals surface area contributed by atoms with Gasteiger partial charge < -0.3 is 0 Å². The lowest BCUT2D eigenvalue weighted by Crippen LogP contribution is -2.15. The van der Waals surface area contributed by atoms with Gasteiger partial charge in [-0.1, -0.05) is 0 Å². The molecule has 4 rings (SSSR count). The van der Waals surface area contributed by atoms with E-state index in [9.17, 15) is 9.18 Å². The van der Waals surface area contributed by atoms with Crippen molar-refractivity contribution in [3.63, 3.8) is 0 Å². The SMILES string of the molecule is Cn1ncc2c1CCC(=Cc1cn[nH]c1-c1ccc(F)cc1)C2=O. The maximum Gasteiger partial charge on any atom is 0.192 e. The number of rotatable bonds is 2. The van der Waals surface area contributed by atoms with E-state index < -0.39 is 0 Å². The number of fused-ring (bicyclic) bond motifs is 1. The van der Waals surface area contributed by atoms with E-state index >= 15 is 0 Å². The van der Waals surface area contributed by atoms with Gasteiger partial charge in [-0.15, -0.1) is 0 Å². The number of ketones is 1. The quantitative estimate of drug-likeness (QED) is 0.737. The third kappa shape index (κ3) is 2.36. The molecule has 0 spiro atoms. The van der Waals surface area contributed by atoms with Gasteiger partial charge in [-0.25, -0.2) is 4.39 Å². The zero-order valence-electron chi connectivity index (χ0n) is 13.1. The molecule has 1 aromatic carbocycles. The Balaban J connectivity index is 1.71. The summed E-state index contributed by atoms with van der Waals surface area (Å²) in [7, 11) is 1.85. The van der Waals surface area contributed by atoms with Gasteiger partial charge in [0, 0.05) is 29.4 Å². The molecule has 0 amide bonds. The molecule has 3 aromatic rings. The van der Waals surface area contributed by atoms with Crippen LogP contribution in [0.25, 0.3) is 17.3 Å². The van der Waals surface area contributed by atoms with Gasteiger partial charge in [0.2, 0.25) is 0 Å². The molecule has 0 aliphatic heterocycles. The highest BCUT2D eigenvalue weighted by Crippen LogP contribution is 2.29. The molecule has 0 atom stereocenters. The van der Waals surface area contributed by atoms with E-state index in [4.69, 9.17) is 0 Å². The Bertz CT molecular complexity index is 950. The highest BCUT2D eigenvalue weighted by molar-refractivity contribution is 6.13. The molecule has 2 heterocycles. The van der Waals surface area contributed by atoms with E-state index in [1.165, 1.54) is 12.1 Å². The standard InChI is InChI=1S/C18H15FN4O/c1-23-16-7-4-12(18(24)15(16)10-21-23)8-13-9-20-22-17(13)11-2-5-14(19)6-3-11/h2-3,5-6,8-10H,4,7H2,1H3,(H,20,22). The molecule has 120 valence electrons. The number of aromatic nitrogens is 4. The van der Waals surface area contributed by atoms with Crippen molar-refractivity contribution in [1.29, 1.82) is 0 Å². The highest BCUT2D eigenvalue weighted by Gasteiger charge is 2.25. The summed E-state index contributed by atoms with van der Waals surface area (Å²) in [5.74, 6) is -0.277. The summed E-state index contributed by atoms with van der Waals surface area (Å²) in [6, 6.07) is 6.18. The summed E-state index contributed by atoms with van der Waals surface area (Å²) in [5.41, 5.74) is 4.79. The summed E-state index contributed by atoms with van der Waals surface area (Å²) in [4.78, 5) is 12.6. The first-order valence-electron chi connectivity index (χ1n) is 7.69. The second kappa shape index (κ2) is 5.56. The minimum atomic E-state index is -0.287. The number of nitrogens with zero attached hydrogens (tertiary/aromatic N) is 3. The number of carbonyl (C=O) groups excluding carboxylic acids is 1. The van der Waals surface area contributed by atoms with Gasteiger partial charge in [-0.05, 0) is 43.2 Å². The predicted molar refractivity (Wildman–Crippen MR) is 87.8 cm³/mol. The molecule has 0 fully saturated rings. The lowest BCUT2D eigenvalue weighted by molar-refractivity contribution is 0.102. The van der Waals surface area contributed by atoms with Crippen molar-refractivity contribution in [2.75, 3.05) is 0 Å². The third-order valence-electron chi connectivity index (χ3n) is 4.36. The molecule has 0 radical (unpaired) electrons. The minimum Gasteiger partial charge on any atom is -0.289 e. The number of hydrogen-bond donors (Lipinski definition) is 1. The lowest BCUT2D eigenvalue weighted by atomic mass is 9.90. The number of halogens is 1. The van der Waals surface area contributed by atoms with Gasteiger partial charge >= 0.3 is 0 Å². The topological polar surface area (TPSA) is 63.6 Å². The molecule has 0 unspecified atom stereocenters. The average molecular weight is 322 g/mol. The Hall–Kier alpha value is -3.02. The molecule has 5 nitrogen and oxygen atoms in total. The number of carbonyl (C=O) groups is 1. The third-order valence-corrected chi connectivity index (χ3v) is 4.36. The van der Waals surface area contributed by atoms with Crippen LogP contribution >= 0.6 is 0 Å². The maximum absolute atomic E-state index is 13.1. The average Bonchev–Trinajstić information content (AvgIpc) is 3.18.